The highest BCUT2D eigenvalue weighted by molar-refractivity contribution is 5.89. The van der Waals surface area contributed by atoms with Gasteiger partial charge in [-0.1, -0.05) is 125 Å². The van der Waals surface area contributed by atoms with Gasteiger partial charge in [0.1, 0.15) is 0 Å². The molecule has 6 heteroatoms. The van der Waals surface area contributed by atoms with E-state index in [2.05, 4.69) is 78.8 Å². The number of carboxylic acids is 2. The van der Waals surface area contributed by atoms with Crippen LogP contribution in [-0.2, 0) is 9.59 Å². The Morgan fingerprint density at radius 1 is 0.756 bits per heavy atom. The fourth-order valence-electron chi connectivity index (χ4n) is 5.43. The van der Waals surface area contributed by atoms with Gasteiger partial charge >= 0.3 is 11.9 Å². The molecular formula is C35H50N2O4. The zero-order valence-corrected chi connectivity index (χ0v) is 24.9. The molecule has 1 fully saturated rings. The lowest BCUT2D eigenvalue weighted by molar-refractivity contribution is -0.134. The van der Waals surface area contributed by atoms with Gasteiger partial charge in [0.25, 0.3) is 0 Å². The zero-order chi connectivity index (χ0) is 29.5. The second-order valence-corrected chi connectivity index (χ2v) is 10.9. The van der Waals surface area contributed by atoms with Gasteiger partial charge in [-0.05, 0) is 36.3 Å². The Bertz CT molecular complexity index is 959. The third kappa shape index (κ3) is 15.2. The molecule has 1 aliphatic rings. The second-order valence-electron chi connectivity index (χ2n) is 10.9. The monoisotopic (exact) mass is 562 g/mol. The number of nitrogens with zero attached hydrogens (tertiary/aromatic N) is 2. The maximum absolute atomic E-state index is 9.55. The molecule has 0 atom stereocenters. The zero-order valence-electron chi connectivity index (χ0n) is 24.9. The third-order valence-corrected chi connectivity index (χ3v) is 7.62. The first-order valence-corrected chi connectivity index (χ1v) is 15.5. The number of hydrogen-bond donors (Lipinski definition) is 2. The smallest absolute Gasteiger partial charge is 0.328 e. The van der Waals surface area contributed by atoms with Crippen LogP contribution in [0.1, 0.15) is 101 Å². The van der Waals surface area contributed by atoms with Gasteiger partial charge in [-0.2, -0.15) is 0 Å². The summed E-state index contributed by atoms with van der Waals surface area (Å²) in [5.74, 6) is -1.32. The summed E-state index contributed by atoms with van der Waals surface area (Å²) in [5.41, 5.74) is 2.91. The van der Waals surface area contributed by atoms with Crippen molar-refractivity contribution < 1.29 is 19.8 Å². The molecule has 0 aliphatic carbocycles. The highest BCUT2D eigenvalue weighted by Gasteiger charge is 2.28. The molecule has 0 spiro atoms. The topological polar surface area (TPSA) is 90.2 Å². The molecule has 0 aromatic heterocycles. The van der Waals surface area contributed by atoms with Crippen molar-refractivity contribution in [3.63, 3.8) is 0 Å². The lowest BCUT2D eigenvalue weighted by Crippen LogP contribution is -2.35. The van der Waals surface area contributed by atoms with Gasteiger partial charge in [-0.25, -0.2) is 9.59 Å². The van der Waals surface area contributed by atoms with Crippen LogP contribution in [-0.4, -0.2) is 53.0 Å². The molecule has 0 unspecified atom stereocenters. The number of unbranched alkanes of at least 4 members (excludes halogenated alkanes) is 9. The Kier molecular flexibility index (Phi) is 17.6. The van der Waals surface area contributed by atoms with E-state index < -0.39 is 11.9 Å². The first kappa shape index (κ1) is 33.8. The van der Waals surface area contributed by atoms with Crippen LogP contribution < -0.4 is 0 Å². The Balaban J connectivity index is 0.000000642. The van der Waals surface area contributed by atoms with Crippen LogP contribution in [0.5, 0.6) is 0 Å². The molecule has 0 bridgehead atoms. The predicted molar refractivity (Wildman–Crippen MR) is 169 cm³/mol. The summed E-state index contributed by atoms with van der Waals surface area (Å²) in [6, 6.07) is 22.2. The molecule has 1 saturated heterocycles. The maximum Gasteiger partial charge on any atom is 0.328 e. The molecule has 2 N–H and O–H groups in total. The molecule has 0 amide bonds. The lowest BCUT2D eigenvalue weighted by Gasteiger charge is -2.36. The normalized spacial score (nSPS) is 14.0. The van der Waals surface area contributed by atoms with Gasteiger partial charge in [0.05, 0.1) is 6.34 Å². The van der Waals surface area contributed by atoms with Gasteiger partial charge in [0.2, 0.25) is 0 Å². The number of carbonyl (C=O) groups is 2. The molecule has 1 heterocycles. The SMILES string of the molecule is CCCCCCCCCCCCN=CN1CCC(C(c2ccccc2)c2ccccc2)CC1.O=C(O)/C=C/C(=O)O. The quantitative estimate of drug-likeness (QED) is 0.0878. The van der Waals surface area contributed by atoms with Crippen molar-refractivity contribution >= 4 is 18.3 Å². The molecule has 41 heavy (non-hydrogen) atoms. The number of aliphatic carboxylic acids is 2. The maximum atomic E-state index is 9.55. The standard InChI is InChI=1S/C31H46N2.C4H4O4/c1-2-3-4-5-6-7-8-9-10-17-24-32-27-33-25-22-30(23-26-33)31(28-18-13-11-14-19-28)29-20-15-12-16-21-29;5-3(6)1-2-4(7)8/h11-16,18-21,27,30-31H,2-10,17,22-26H2,1H3;1-2H,(H,5,6)(H,7,8)/b;2-1+. The summed E-state index contributed by atoms with van der Waals surface area (Å²) in [6.07, 6.45) is 19.6. The van der Waals surface area contributed by atoms with E-state index in [1.165, 1.54) is 88.2 Å². The summed E-state index contributed by atoms with van der Waals surface area (Å²) >= 11 is 0. The van der Waals surface area contributed by atoms with Gasteiger partial charge < -0.3 is 15.1 Å². The number of hydrogen-bond acceptors (Lipinski definition) is 3. The second kappa shape index (κ2) is 21.4. The summed E-state index contributed by atoms with van der Waals surface area (Å²) in [5, 5.41) is 15.6. The van der Waals surface area contributed by atoms with E-state index in [0.29, 0.717) is 24.0 Å². The molecular weight excluding hydrogens is 512 g/mol. The van der Waals surface area contributed by atoms with Crippen molar-refractivity contribution in [1.82, 2.24) is 4.90 Å². The van der Waals surface area contributed by atoms with Crippen molar-refractivity contribution in [2.45, 2.75) is 89.9 Å². The number of piperidine rings is 1. The third-order valence-electron chi connectivity index (χ3n) is 7.62. The van der Waals surface area contributed by atoms with E-state index >= 15 is 0 Å². The average molecular weight is 563 g/mol. The Hall–Kier alpha value is -3.41. The van der Waals surface area contributed by atoms with Gasteiger partial charge in [-0.3, -0.25) is 4.99 Å². The number of carboxylic acid groups (broad SMARTS) is 2. The van der Waals surface area contributed by atoms with Gasteiger partial charge in [0.15, 0.2) is 0 Å². The van der Waals surface area contributed by atoms with Crippen molar-refractivity contribution in [3.05, 3.63) is 83.9 Å². The Morgan fingerprint density at radius 3 is 1.63 bits per heavy atom. The Morgan fingerprint density at radius 2 is 1.20 bits per heavy atom. The van der Waals surface area contributed by atoms with Crippen LogP contribution in [0.25, 0.3) is 0 Å². The predicted octanol–water partition coefficient (Wildman–Crippen LogP) is 8.19. The first-order chi connectivity index (χ1) is 20.0. The average Bonchev–Trinajstić information content (AvgIpc) is 2.99. The molecule has 0 radical (unpaired) electrons. The van der Waals surface area contributed by atoms with Crippen molar-refractivity contribution in [2.75, 3.05) is 19.6 Å². The van der Waals surface area contributed by atoms with Gasteiger partial charge in [-0.15, -0.1) is 0 Å². The first-order valence-electron chi connectivity index (χ1n) is 15.5. The highest BCUT2D eigenvalue weighted by Crippen LogP contribution is 2.37. The van der Waals surface area contributed by atoms with E-state index in [1.807, 2.05) is 0 Å². The fourth-order valence-corrected chi connectivity index (χ4v) is 5.43. The molecule has 6 nitrogen and oxygen atoms in total. The Labute approximate surface area is 247 Å². The van der Waals surface area contributed by atoms with Crippen LogP contribution in [0.15, 0.2) is 77.8 Å². The van der Waals surface area contributed by atoms with Crippen molar-refractivity contribution in [1.29, 1.82) is 0 Å². The summed E-state index contributed by atoms with van der Waals surface area (Å²) in [7, 11) is 0. The van der Waals surface area contributed by atoms with Gasteiger partial charge in [0, 0.05) is 37.7 Å². The largest absolute Gasteiger partial charge is 0.478 e. The van der Waals surface area contributed by atoms with E-state index in [9.17, 15) is 9.59 Å². The van der Waals surface area contributed by atoms with Crippen LogP contribution in [0, 0.1) is 5.92 Å². The molecule has 0 saturated carbocycles. The van der Waals surface area contributed by atoms with E-state index in [-0.39, 0.29) is 0 Å². The van der Waals surface area contributed by atoms with Crippen LogP contribution in [0.2, 0.25) is 0 Å². The number of benzene rings is 2. The van der Waals surface area contributed by atoms with E-state index in [1.54, 1.807) is 0 Å². The molecule has 3 rings (SSSR count). The molecule has 2 aromatic rings. The fraction of sp³-hybridized carbons (Fsp3) is 0.514. The lowest BCUT2D eigenvalue weighted by atomic mass is 9.76. The van der Waals surface area contributed by atoms with Crippen LogP contribution in [0.3, 0.4) is 0 Å². The van der Waals surface area contributed by atoms with Crippen LogP contribution >= 0.6 is 0 Å². The number of rotatable bonds is 17. The van der Waals surface area contributed by atoms with Crippen molar-refractivity contribution in [2.24, 2.45) is 10.9 Å². The number of likely N-dealkylation sites (tertiary alicyclic amines) is 1. The molecule has 2 aromatic carbocycles. The molecule has 224 valence electrons. The minimum absolute atomic E-state index is 0.498. The highest BCUT2D eigenvalue weighted by atomic mass is 16.4. The minimum atomic E-state index is -1.26. The summed E-state index contributed by atoms with van der Waals surface area (Å²) in [4.78, 5) is 26.3. The molecule has 1 aliphatic heterocycles. The van der Waals surface area contributed by atoms with E-state index in [4.69, 9.17) is 15.2 Å². The minimum Gasteiger partial charge on any atom is -0.478 e. The van der Waals surface area contributed by atoms with Crippen LogP contribution in [0.4, 0.5) is 0 Å². The summed E-state index contributed by atoms with van der Waals surface area (Å²) in [6.45, 7) is 5.54. The van der Waals surface area contributed by atoms with Crippen molar-refractivity contribution in [3.8, 4) is 0 Å². The summed E-state index contributed by atoms with van der Waals surface area (Å²) < 4.78 is 0. The van der Waals surface area contributed by atoms with E-state index in [0.717, 1.165) is 19.6 Å². The number of aliphatic imine (C=N–C) groups is 1.